The van der Waals surface area contributed by atoms with Gasteiger partial charge in [-0.1, -0.05) is 130 Å². The van der Waals surface area contributed by atoms with Crippen LogP contribution in [-0.4, -0.2) is 11.8 Å². The van der Waals surface area contributed by atoms with E-state index in [1.54, 1.807) is 0 Å². The molecule has 0 bridgehead atoms. The minimum atomic E-state index is -0.0303. The maximum absolute atomic E-state index is 12.6. The minimum Gasteiger partial charge on any atom is -1.00 e. The van der Waals surface area contributed by atoms with E-state index in [1.165, 1.54) is 95.2 Å². The number of unbranched alkanes of at least 4 members (excludes halogenated alkanes) is 16. The summed E-state index contributed by atoms with van der Waals surface area (Å²) in [6.07, 6.45) is 26.8. The molecule has 0 unspecified atom stereocenters. The molecule has 3 nitrogen and oxygen atoms in total. The SMILES string of the molecule is CCC/C=C(\CCCCCCCCCC)C(=O)[NH2+]C(=O)CCCCCCCCCCC.[Br-]. The average molecular weight is 517 g/mol. The fourth-order valence-corrected chi connectivity index (χ4v) is 4.01. The molecular formula is C28H54BrNO2. The van der Waals surface area contributed by atoms with Gasteiger partial charge in [-0.05, 0) is 25.7 Å². The summed E-state index contributed by atoms with van der Waals surface area (Å²) in [6.45, 7) is 6.63. The van der Waals surface area contributed by atoms with Crippen LogP contribution >= 0.6 is 0 Å². The van der Waals surface area contributed by atoms with Crippen molar-refractivity contribution in [3.05, 3.63) is 11.6 Å². The van der Waals surface area contributed by atoms with Gasteiger partial charge in [0.05, 0.1) is 12.0 Å². The van der Waals surface area contributed by atoms with Crippen molar-refractivity contribution in [3.63, 3.8) is 0 Å². The normalized spacial score (nSPS) is 11.4. The second-order valence-electron chi connectivity index (χ2n) is 9.30. The Labute approximate surface area is 210 Å². The first-order valence-electron chi connectivity index (χ1n) is 13.8. The highest BCUT2D eigenvalue weighted by molar-refractivity contribution is 5.91. The van der Waals surface area contributed by atoms with Gasteiger partial charge in [-0.3, -0.25) is 0 Å². The number of rotatable bonds is 22. The van der Waals surface area contributed by atoms with Crippen molar-refractivity contribution in [1.82, 2.24) is 0 Å². The number of amides is 2. The van der Waals surface area contributed by atoms with Gasteiger partial charge >= 0.3 is 11.8 Å². The number of primary amides is 2. The number of nitrogens with two attached hydrogens (primary N) is 1. The van der Waals surface area contributed by atoms with Crippen LogP contribution in [-0.2, 0) is 9.59 Å². The Balaban J connectivity index is 0. The van der Waals surface area contributed by atoms with Crippen LogP contribution in [0.3, 0.4) is 0 Å². The van der Waals surface area contributed by atoms with Crippen molar-refractivity contribution >= 4 is 11.8 Å². The third-order valence-corrected chi connectivity index (χ3v) is 6.11. The fourth-order valence-electron chi connectivity index (χ4n) is 4.01. The molecule has 0 saturated heterocycles. The lowest BCUT2D eigenvalue weighted by molar-refractivity contribution is -0.484. The monoisotopic (exact) mass is 515 g/mol. The van der Waals surface area contributed by atoms with Gasteiger partial charge in [0, 0.05) is 0 Å². The zero-order valence-electron chi connectivity index (χ0n) is 21.7. The van der Waals surface area contributed by atoms with E-state index in [1.807, 2.05) is 0 Å². The molecule has 0 atom stereocenters. The Morgan fingerprint density at radius 3 is 1.41 bits per heavy atom. The molecule has 0 aromatic carbocycles. The van der Waals surface area contributed by atoms with E-state index in [0.717, 1.165) is 44.1 Å². The molecule has 190 valence electrons. The van der Waals surface area contributed by atoms with E-state index >= 15 is 0 Å². The van der Waals surface area contributed by atoms with Crippen LogP contribution in [0.15, 0.2) is 11.6 Å². The molecule has 2 amide bonds. The maximum Gasteiger partial charge on any atom is 0.345 e. The van der Waals surface area contributed by atoms with Gasteiger partial charge in [0.15, 0.2) is 0 Å². The number of imide groups is 1. The Morgan fingerprint density at radius 1 is 0.562 bits per heavy atom. The smallest absolute Gasteiger partial charge is 0.345 e. The van der Waals surface area contributed by atoms with Crippen molar-refractivity contribution < 1.29 is 31.9 Å². The highest BCUT2D eigenvalue weighted by Crippen LogP contribution is 2.14. The van der Waals surface area contributed by atoms with Crippen LogP contribution in [0.2, 0.25) is 0 Å². The Bertz CT molecular complexity index is 462. The van der Waals surface area contributed by atoms with Crippen LogP contribution in [0.5, 0.6) is 0 Å². The number of hydrogen-bond acceptors (Lipinski definition) is 2. The summed E-state index contributed by atoms with van der Waals surface area (Å²) in [7, 11) is 0. The van der Waals surface area contributed by atoms with Gasteiger partial charge in [0.25, 0.3) is 0 Å². The molecule has 32 heavy (non-hydrogen) atoms. The zero-order chi connectivity index (χ0) is 23.0. The number of hydrogen-bond donors (Lipinski definition) is 1. The quantitative estimate of drug-likeness (QED) is 0.166. The van der Waals surface area contributed by atoms with E-state index in [2.05, 4.69) is 26.8 Å². The van der Waals surface area contributed by atoms with Gasteiger partial charge in [0.2, 0.25) is 0 Å². The molecule has 0 spiro atoms. The number of allylic oxidation sites excluding steroid dienone is 1. The van der Waals surface area contributed by atoms with E-state index in [-0.39, 0.29) is 28.8 Å². The van der Waals surface area contributed by atoms with E-state index in [9.17, 15) is 9.59 Å². The lowest BCUT2D eigenvalue weighted by Crippen LogP contribution is -3.00. The summed E-state index contributed by atoms with van der Waals surface area (Å²) >= 11 is 0. The average Bonchev–Trinajstić information content (AvgIpc) is 2.76. The van der Waals surface area contributed by atoms with Crippen molar-refractivity contribution in [2.75, 3.05) is 0 Å². The zero-order valence-corrected chi connectivity index (χ0v) is 23.3. The largest absolute Gasteiger partial charge is 1.00 e. The third-order valence-electron chi connectivity index (χ3n) is 6.11. The molecule has 0 heterocycles. The first-order chi connectivity index (χ1) is 15.2. The Kier molecular flexibility index (Phi) is 28.2. The Morgan fingerprint density at radius 2 is 0.969 bits per heavy atom. The molecule has 0 aliphatic carbocycles. The van der Waals surface area contributed by atoms with Crippen molar-refractivity contribution in [1.29, 1.82) is 0 Å². The Hall–Kier alpha value is -0.480. The van der Waals surface area contributed by atoms with Crippen molar-refractivity contribution in [2.24, 2.45) is 0 Å². The lowest BCUT2D eigenvalue weighted by atomic mass is 10.0. The molecular weight excluding hydrogens is 462 g/mol. The molecule has 0 aromatic rings. The lowest BCUT2D eigenvalue weighted by Gasteiger charge is -2.06. The molecule has 0 radical (unpaired) electrons. The molecule has 0 aliphatic heterocycles. The molecule has 0 fully saturated rings. The summed E-state index contributed by atoms with van der Waals surface area (Å²) in [5.74, 6) is -0.0106. The van der Waals surface area contributed by atoms with Gasteiger partial charge < -0.3 is 17.0 Å². The van der Waals surface area contributed by atoms with Crippen LogP contribution in [0.1, 0.15) is 156 Å². The van der Waals surface area contributed by atoms with Gasteiger partial charge in [0.1, 0.15) is 0 Å². The van der Waals surface area contributed by atoms with Crippen LogP contribution < -0.4 is 22.3 Å². The molecule has 4 heteroatoms. The molecule has 0 aliphatic rings. The van der Waals surface area contributed by atoms with E-state index in [0.29, 0.717) is 6.42 Å². The highest BCUT2D eigenvalue weighted by Gasteiger charge is 2.18. The molecule has 0 saturated carbocycles. The minimum absolute atomic E-state index is 0. The predicted molar refractivity (Wildman–Crippen MR) is 134 cm³/mol. The third kappa shape index (κ3) is 22.7. The van der Waals surface area contributed by atoms with Gasteiger partial charge in [-0.25, -0.2) is 14.9 Å². The summed E-state index contributed by atoms with van der Waals surface area (Å²) in [4.78, 5) is 24.8. The topological polar surface area (TPSA) is 50.8 Å². The summed E-state index contributed by atoms with van der Waals surface area (Å²) < 4.78 is 0. The number of carbonyl (C=O) groups is 2. The second-order valence-corrected chi connectivity index (χ2v) is 9.30. The van der Waals surface area contributed by atoms with Crippen molar-refractivity contribution in [3.8, 4) is 0 Å². The fraction of sp³-hybridized carbons (Fsp3) is 0.857. The number of halogens is 1. The first-order valence-corrected chi connectivity index (χ1v) is 13.8. The van der Waals surface area contributed by atoms with Gasteiger partial charge in [-0.2, -0.15) is 0 Å². The van der Waals surface area contributed by atoms with Crippen LogP contribution in [0.4, 0.5) is 0 Å². The van der Waals surface area contributed by atoms with Crippen LogP contribution in [0.25, 0.3) is 0 Å². The van der Waals surface area contributed by atoms with E-state index in [4.69, 9.17) is 0 Å². The predicted octanol–water partition coefficient (Wildman–Crippen LogP) is 4.79. The van der Waals surface area contributed by atoms with E-state index < -0.39 is 0 Å². The number of quaternary nitrogens is 1. The molecule has 2 N–H and O–H groups in total. The maximum atomic E-state index is 12.6. The standard InChI is InChI=1S/C28H53NO2.BrH/c1-4-7-10-12-14-16-18-20-22-25-27(30)29-28(31)26(23-9-6-3)24-21-19-17-15-13-11-8-5-2;/h23H,4-22,24-25H2,1-3H3,(H,29,30,31);1H/b26-23+;. The molecule has 0 aromatic heterocycles. The summed E-state index contributed by atoms with van der Waals surface area (Å²) in [6, 6.07) is 0. The van der Waals surface area contributed by atoms with Crippen LogP contribution in [0, 0.1) is 0 Å². The summed E-state index contributed by atoms with van der Waals surface area (Å²) in [5, 5.41) is 1.39. The second kappa shape index (κ2) is 26.8. The molecule has 0 rings (SSSR count). The van der Waals surface area contributed by atoms with Gasteiger partial charge in [-0.15, -0.1) is 0 Å². The van der Waals surface area contributed by atoms with Crippen molar-refractivity contribution in [2.45, 2.75) is 156 Å². The number of carbonyl (C=O) groups excluding carboxylic acids is 2. The first kappa shape index (κ1) is 33.7. The highest BCUT2D eigenvalue weighted by atomic mass is 79.9. The summed E-state index contributed by atoms with van der Waals surface area (Å²) in [5.41, 5.74) is 0.869.